The highest BCUT2D eigenvalue weighted by atomic mass is 16.5. The highest BCUT2D eigenvalue weighted by Crippen LogP contribution is 2.34. The Morgan fingerprint density at radius 2 is 2.24 bits per heavy atom. The van der Waals surface area contributed by atoms with Crippen molar-refractivity contribution < 1.29 is 4.52 Å². The molecule has 1 unspecified atom stereocenters. The Labute approximate surface area is 103 Å². The summed E-state index contributed by atoms with van der Waals surface area (Å²) < 4.78 is 5.34. The summed E-state index contributed by atoms with van der Waals surface area (Å²) in [7, 11) is 0. The topological polar surface area (TPSA) is 51.0 Å². The van der Waals surface area contributed by atoms with Gasteiger partial charge in [-0.2, -0.15) is 4.98 Å². The van der Waals surface area contributed by atoms with Crippen LogP contribution in [0.1, 0.15) is 63.6 Å². The van der Waals surface area contributed by atoms with Gasteiger partial charge in [0.15, 0.2) is 5.82 Å². The van der Waals surface area contributed by atoms with Crippen LogP contribution in [-0.4, -0.2) is 22.7 Å². The van der Waals surface area contributed by atoms with Crippen molar-refractivity contribution in [2.24, 2.45) is 0 Å². The maximum absolute atomic E-state index is 5.34. The lowest BCUT2D eigenvalue weighted by Crippen LogP contribution is -2.30. The number of hydrogen-bond acceptors (Lipinski definition) is 4. The van der Waals surface area contributed by atoms with Gasteiger partial charge in [-0.15, -0.1) is 0 Å². The van der Waals surface area contributed by atoms with E-state index < -0.39 is 0 Å². The lowest BCUT2D eigenvalue weighted by molar-refractivity contribution is 0.334. The van der Waals surface area contributed by atoms with Crippen molar-refractivity contribution in [3.8, 4) is 0 Å². The molecule has 1 heterocycles. The van der Waals surface area contributed by atoms with Crippen LogP contribution in [0.15, 0.2) is 4.52 Å². The molecular weight excluding hydrogens is 214 g/mol. The molecule has 1 aliphatic rings. The van der Waals surface area contributed by atoms with Crippen LogP contribution in [0.25, 0.3) is 0 Å². The number of hydrogen-bond donors (Lipinski definition) is 1. The van der Waals surface area contributed by atoms with Gasteiger partial charge in [-0.3, -0.25) is 0 Å². The normalized spacial score (nSPS) is 18.0. The first-order valence-electron chi connectivity index (χ1n) is 6.89. The minimum atomic E-state index is 0.472. The summed E-state index contributed by atoms with van der Waals surface area (Å²) in [5, 5.41) is 7.57. The van der Waals surface area contributed by atoms with Gasteiger partial charge in [-0.25, -0.2) is 0 Å². The Hall–Kier alpha value is -0.900. The van der Waals surface area contributed by atoms with Crippen LogP contribution < -0.4 is 5.32 Å². The van der Waals surface area contributed by atoms with Crippen LogP contribution in [0, 0.1) is 0 Å². The van der Waals surface area contributed by atoms with Crippen LogP contribution in [0.5, 0.6) is 0 Å². The quantitative estimate of drug-likeness (QED) is 0.792. The lowest BCUT2D eigenvalue weighted by atomic mass is 9.85. The van der Waals surface area contributed by atoms with Gasteiger partial charge in [-0.05, 0) is 25.8 Å². The van der Waals surface area contributed by atoms with Crippen LogP contribution >= 0.6 is 0 Å². The number of aromatic nitrogens is 2. The highest BCUT2D eigenvalue weighted by molar-refractivity contribution is 5.00. The molecule has 96 valence electrons. The van der Waals surface area contributed by atoms with E-state index in [-0.39, 0.29) is 0 Å². The molecule has 0 amide bonds. The third-order valence-electron chi connectivity index (χ3n) is 3.51. The number of nitrogens with one attached hydrogen (secondary N) is 1. The Morgan fingerprint density at radius 1 is 1.41 bits per heavy atom. The first-order valence-corrected chi connectivity index (χ1v) is 6.89. The van der Waals surface area contributed by atoms with Gasteiger partial charge in [0.2, 0.25) is 5.89 Å². The molecule has 0 aromatic carbocycles. The molecule has 0 spiro atoms. The van der Waals surface area contributed by atoms with Crippen molar-refractivity contribution in [2.45, 2.75) is 64.3 Å². The molecular formula is C13H23N3O. The third-order valence-corrected chi connectivity index (χ3v) is 3.51. The second-order valence-electron chi connectivity index (χ2n) is 4.92. The van der Waals surface area contributed by atoms with Gasteiger partial charge in [0, 0.05) is 18.4 Å². The highest BCUT2D eigenvalue weighted by Gasteiger charge is 2.25. The molecule has 1 atom stereocenters. The second kappa shape index (κ2) is 6.15. The van der Waals surface area contributed by atoms with Crippen LogP contribution in [0.2, 0.25) is 0 Å². The summed E-state index contributed by atoms with van der Waals surface area (Å²) in [6.45, 7) is 5.34. The Morgan fingerprint density at radius 3 is 2.82 bits per heavy atom. The zero-order valence-electron chi connectivity index (χ0n) is 10.9. The fraction of sp³-hybridized carbons (Fsp3) is 0.846. The van der Waals surface area contributed by atoms with Crippen molar-refractivity contribution in [2.75, 3.05) is 6.54 Å². The molecule has 1 aromatic heterocycles. The average Bonchev–Trinajstić information content (AvgIpc) is 2.64. The van der Waals surface area contributed by atoms with Crippen molar-refractivity contribution in [1.82, 2.24) is 15.5 Å². The van der Waals surface area contributed by atoms with Gasteiger partial charge in [0.05, 0.1) is 0 Å². The molecule has 1 aliphatic carbocycles. The largest absolute Gasteiger partial charge is 0.339 e. The van der Waals surface area contributed by atoms with E-state index in [9.17, 15) is 0 Å². The molecule has 0 saturated heterocycles. The number of likely N-dealkylation sites (N-methyl/N-ethyl adjacent to an activating group) is 1. The minimum absolute atomic E-state index is 0.472. The lowest BCUT2D eigenvalue weighted by Gasteiger charge is -2.21. The predicted molar refractivity (Wildman–Crippen MR) is 67.0 cm³/mol. The average molecular weight is 237 g/mol. The number of nitrogens with zero attached hydrogens (tertiary/aromatic N) is 2. The van der Waals surface area contributed by atoms with Gasteiger partial charge < -0.3 is 9.84 Å². The van der Waals surface area contributed by atoms with E-state index in [1.165, 1.54) is 25.7 Å². The molecule has 0 bridgehead atoms. The van der Waals surface area contributed by atoms with Gasteiger partial charge in [0.1, 0.15) is 0 Å². The molecule has 0 aliphatic heterocycles. The fourth-order valence-electron chi connectivity index (χ4n) is 2.31. The van der Waals surface area contributed by atoms with E-state index in [2.05, 4.69) is 29.3 Å². The van der Waals surface area contributed by atoms with Crippen molar-refractivity contribution >= 4 is 0 Å². The summed E-state index contributed by atoms with van der Waals surface area (Å²) in [5.74, 6) is 2.29. The third kappa shape index (κ3) is 3.28. The van der Waals surface area contributed by atoms with E-state index in [1.807, 2.05) is 0 Å². The van der Waals surface area contributed by atoms with E-state index in [4.69, 9.17) is 4.52 Å². The molecule has 4 heteroatoms. The first kappa shape index (κ1) is 12.6. The number of rotatable bonds is 7. The standard InChI is InChI=1S/C13H23N3O/c1-3-6-11(14-4-2)9-12-15-13(16-17-12)10-7-5-8-10/h10-11,14H,3-9H2,1-2H3. The smallest absolute Gasteiger partial charge is 0.228 e. The fourth-order valence-corrected chi connectivity index (χ4v) is 2.31. The minimum Gasteiger partial charge on any atom is -0.339 e. The summed E-state index contributed by atoms with van der Waals surface area (Å²) in [5.41, 5.74) is 0. The monoisotopic (exact) mass is 237 g/mol. The second-order valence-corrected chi connectivity index (χ2v) is 4.92. The Balaban J connectivity index is 1.89. The molecule has 1 fully saturated rings. The summed E-state index contributed by atoms with van der Waals surface area (Å²) in [6.07, 6.45) is 6.97. The molecule has 1 N–H and O–H groups in total. The van der Waals surface area contributed by atoms with Crippen molar-refractivity contribution in [1.29, 1.82) is 0 Å². The van der Waals surface area contributed by atoms with Crippen LogP contribution in [0.4, 0.5) is 0 Å². The van der Waals surface area contributed by atoms with E-state index in [0.29, 0.717) is 12.0 Å². The van der Waals surface area contributed by atoms with Crippen LogP contribution in [-0.2, 0) is 6.42 Å². The van der Waals surface area contributed by atoms with Gasteiger partial charge in [0.25, 0.3) is 0 Å². The van der Waals surface area contributed by atoms with Crippen molar-refractivity contribution in [3.63, 3.8) is 0 Å². The maximum atomic E-state index is 5.34. The maximum Gasteiger partial charge on any atom is 0.228 e. The molecule has 0 radical (unpaired) electrons. The molecule has 4 nitrogen and oxygen atoms in total. The Bertz CT molecular complexity index is 327. The van der Waals surface area contributed by atoms with Crippen molar-refractivity contribution in [3.05, 3.63) is 11.7 Å². The van der Waals surface area contributed by atoms with E-state index in [1.54, 1.807) is 0 Å². The summed E-state index contributed by atoms with van der Waals surface area (Å²) in [4.78, 5) is 4.52. The molecule has 1 saturated carbocycles. The molecule has 1 aromatic rings. The SMILES string of the molecule is CCCC(Cc1nc(C2CCC2)no1)NCC. The van der Waals surface area contributed by atoms with Gasteiger partial charge in [-0.1, -0.05) is 31.8 Å². The first-order chi connectivity index (χ1) is 8.33. The zero-order chi connectivity index (χ0) is 12.1. The Kier molecular flexibility index (Phi) is 4.54. The molecule has 17 heavy (non-hydrogen) atoms. The summed E-state index contributed by atoms with van der Waals surface area (Å²) >= 11 is 0. The zero-order valence-corrected chi connectivity index (χ0v) is 10.9. The van der Waals surface area contributed by atoms with E-state index in [0.717, 1.165) is 31.1 Å². The van der Waals surface area contributed by atoms with Gasteiger partial charge >= 0.3 is 0 Å². The predicted octanol–water partition coefficient (Wildman–Crippen LogP) is 2.66. The van der Waals surface area contributed by atoms with Crippen LogP contribution in [0.3, 0.4) is 0 Å². The van der Waals surface area contributed by atoms with E-state index >= 15 is 0 Å². The molecule has 2 rings (SSSR count). The summed E-state index contributed by atoms with van der Waals surface area (Å²) in [6, 6.07) is 0.472.